The van der Waals surface area contributed by atoms with Crippen molar-refractivity contribution in [2.45, 2.75) is 40.0 Å². The average molecular weight is 370 g/mol. The molecule has 142 valence electrons. The van der Waals surface area contributed by atoms with Crippen molar-refractivity contribution >= 4 is 11.3 Å². The first-order chi connectivity index (χ1) is 13.5. The molecule has 3 nitrogen and oxygen atoms in total. The lowest BCUT2D eigenvalue weighted by molar-refractivity contribution is 0.795. The van der Waals surface area contributed by atoms with Gasteiger partial charge in [0, 0.05) is 24.3 Å². The maximum atomic E-state index is 4.57. The van der Waals surface area contributed by atoms with E-state index in [9.17, 15) is 0 Å². The number of allylic oxidation sites excluding steroid dienone is 1. The largest absolute Gasteiger partial charge is 0.342 e. The maximum Gasteiger partial charge on any atom is 0.109 e. The van der Waals surface area contributed by atoms with E-state index in [-0.39, 0.29) is 0 Å². The summed E-state index contributed by atoms with van der Waals surface area (Å²) in [6.07, 6.45) is 4.91. The molecule has 3 heteroatoms. The minimum Gasteiger partial charge on any atom is -0.342 e. The summed E-state index contributed by atoms with van der Waals surface area (Å²) in [5, 5.41) is 0. The van der Waals surface area contributed by atoms with Crippen LogP contribution >= 0.6 is 0 Å². The van der Waals surface area contributed by atoms with Gasteiger partial charge in [-0.05, 0) is 33.7 Å². The molecule has 0 fully saturated rings. The number of aromatic amines is 1. The first-order valence-electron chi connectivity index (χ1n) is 10.0. The molecule has 1 N–H and O–H groups in total. The number of aromatic nitrogens is 2. The molecule has 0 atom stereocenters. The van der Waals surface area contributed by atoms with Crippen molar-refractivity contribution in [2.75, 3.05) is 0 Å². The lowest BCUT2D eigenvalue weighted by Crippen LogP contribution is -2.04. The van der Waals surface area contributed by atoms with Crippen LogP contribution in [0.4, 0.5) is 0 Å². The molecule has 0 saturated heterocycles. The molecule has 3 aromatic rings. The summed E-state index contributed by atoms with van der Waals surface area (Å²) in [5.41, 5.74) is 8.53. The minimum atomic E-state index is 0.406. The quantitative estimate of drug-likeness (QED) is 0.533. The van der Waals surface area contributed by atoms with Gasteiger partial charge in [0.15, 0.2) is 0 Å². The third kappa shape index (κ3) is 3.70. The molecule has 28 heavy (non-hydrogen) atoms. The van der Waals surface area contributed by atoms with Gasteiger partial charge < -0.3 is 4.98 Å². The molecule has 0 aliphatic carbocycles. The molecule has 0 radical (unpaired) electrons. The monoisotopic (exact) mass is 369 g/mol. The summed E-state index contributed by atoms with van der Waals surface area (Å²) in [4.78, 5) is 12.4. The fourth-order valence-electron chi connectivity index (χ4n) is 3.47. The zero-order chi connectivity index (χ0) is 19.7. The molecule has 1 aliphatic rings. The first-order valence-corrected chi connectivity index (χ1v) is 10.0. The Morgan fingerprint density at radius 3 is 1.82 bits per heavy atom. The SMILES string of the molecule is CC(C)C1=NC=C(c2ccc(-c3ccc(-c4cnc(C(C)C)[nH]4)cc3)cc2)C1. The molecular formula is C25H27N3. The van der Waals surface area contributed by atoms with E-state index >= 15 is 0 Å². The zero-order valence-electron chi connectivity index (χ0n) is 17.0. The Hall–Kier alpha value is -2.94. The highest BCUT2D eigenvalue weighted by Crippen LogP contribution is 2.29. The van der Waals surface area contributed by atoms with Crippen LogP contribution in [0.3, 0.4) is 0 Å². The number of benzene rings is 2. The third-order valence-corrected chi connectivity index (χ3v) is 5.35. The summed E-state index contributed by atoms with van der Waals surface area (Å²) in [6, 6.07) is 17.5. The number of hydrogen-bond donors (Lipinski definition) is 1. The summed E-state index contributed by atoms with van der Waals surface area (Å²) in [5.74, 6) is 1.95. The zero-order valence-corrected chi connectivity index (χ0v) is 17.0. The highest BCUT2D eigenvalue weighted by Gasteiger charge is 2.14. The summed E-state index contributed by atoms with van der Waals surface area (Å²) >= 11 is 0. The van der Waals surface area contributed by atoms with Crippen molar-refractivity contribution < 1.29 is 0 Å². The number of nitrogens with zero attached hydrogens (tertiary/aromatic N) is 2. The molecule has 1 aliphatic heterocycles. The van der Waals surface area contributed by atoms with Crippen molar-refractivity contribution in [3.05, 3.63) is 72.3 Å². The average Bonchev–Trinajstić information content (AvgIpc) is 3.38. The Kier molecular flexibility index (Phi) is 4.99. The van der Waals surface area contributed by atoms with Crippen LogP contribution in [0, 0.1) is 5.92 Å². The van der Waals surface area contributed by atoms with E-state index in [4.69, 9.17) is 0 Å². The molecule has 1 aromatic heterocycles. The molecular weight excluding hydrogens is 342 g/mol. The molecule has 2 heterocycles. The van der Waals surface area contributed by atoms with E-state index < -0.39 is 0 Å². The van der Waals surface area contributed by atoms with Crippen LogP contribution < -0.4 is 0 Å². The fraction of sp³-hybridized carbons (Fsp3) is 0.280. The molecule has 0 spiro atoms. The lowest BCUT2D eigenvalue weighted by Gasteiger charge is -2.08. The number of rotatable bonds is 5. The van der Waals surface area contributed by atoms with Crippen LogP contribution in [0.5, 0.6) is 0 Å². The van der Waals surface area contributed by atoms with E-state index in [1.165, 1.54) is 28.0 Å². The summed E-state index contributed by atoms with van der Waals surface area (Å²) in [6.45, 7) is 8.70. The predicted molar refractivity (Wildman–Crippen MR) is 118 cm³/mol. The van der Waals surface area contributed by atoms with Crippen molar-refractivity contribution in [1.29, 1.82) is 0 Å². The van der Waals surface area contributed by atoms with Gasteiger partial charge in [-0.3, -0.25) is 4.99 Å². The number of hydrogen-bond acceptors (Lipinski definition) is 2. The lowest BCUT2D eigenvalue weighted by atomic mass is 9.96. The van der Waals surface area contributed by atoms with Gasteiger partial charge >= 0.3 is 0 Å². The smallest absolute Gasteiger partial charge is 0.109 e. The second kappa shape index (κ2) is 7.59. The van der Waals surface area contributed by atoms with Crippen molar-refractivity contribution in [3.63, 3.8) is 0 Å². The van der Waals surface area contributed by atoms with E-state index in [0.29, 0.717) is 11.8 Å². The van der Waals surface area contributed by atoms with Gasteiger partial charge in [0.05, 0.1) is 11.9 Å². The number of nitrogens with one attached hydrogen (secondary N) is 1. The summed E-state index contributed by atoms with van der Waals surface area (Å²) < 4.78 is 0. The van der Waals surface area contributed by atoms with Crippen molar-refractivity contribution in [2.24, 2.45) is 10.9 Å². The summed E-state index contributed by atoms with van der Waals surface area (Å²) in [7, 11) is 0. The molecule has 0 amide bonds. The maximum absolute atomic E-state index is 4.57. The highest BCUT2D eigenvalue weighted by molar-refractivity contribution is 5.99. The van der Waals surface area contributed by atoms with Gasteiger partial charge in [0.1, 0.15) is 5.82 Å². The fourth-order valence-corrected chi connectivity index (χ4v) is 3.47. The second-order valence-electron chi connectivity index (χ2n) is 8.10. The van der Waals surface area contributed by atoms with E-state index in [2.05, 4.69) is 91.2 Å². The standard InChI is InChI=1S/C25H27N3/c1-16(2)23-13-22(14-26-23)20-7-5-18(6-8-20)19-9-11-21(12-10-19)24-15-27-25(28-24)17(3)4/h5-12,14-17H,13H2,1-4H3,(H,27,28). The molecule has 0 bridgehead atoms. The molecule has 0 unspecified atom stereocenters. The Morgan fingerprint density at radius 1 is 0.750 bits per heavy atom. The van der Waals surface area contributed by atoms with Gasteiger partial charge in [0.2, 0.25) is 0 Å². The van der Waals surface area contributed by atoms with Crippen LogP contribution in [0.25, 0.3) is 28.0 Å². The van der Waals surface area contributed by atoms with E-state index in [1.54, 1.807) is 0 Å². The Labute approximate surface area is 167 Å². The Morgan fingerprint density at radius 2 is 1.32 bits per heavy atom. The molecule has 2 aromatic carbocycles. The Bertz CT molecular complexity index is 1020. The van der Waals surface area contributed by atoms with Crippen LogP contribution in [0.2, 0.25) is 0 Å². The van der Waals surface area contributed by atoms with E-state index in [0.717, 1.165) is 23.5 Å². The van der Waals surface area contributed by atoms with Gasteiger partial charge in [0.25, 0.3) is 0 Å². The number of H-pyrrole nitrogens is 1. The van der Waals surface area contributed by atoms with Crippen LogP contribution in [0.15, 0.2) is 65.9 Å². The van der Waals surface area contributed by atoms with Gasteiger partial charge in [-0.15, -0.1) is 0 Å². The van der Waals surface area contributed by atoms with Gasteiger partial charge in [-0.1, -0.05) is 76.2 Å². The first kappa shape index (κ1) is 18.4. The molecule has 0 saturated carbocycles. The minimum absolute atomic E-state index is 0.406. The van der Waals surface area contributed by atoms with E-state index in [1.807, 2.05) is 12.4 Å². The second-order valence-corrected chi connectivity index (χ2v) is 8.10. The van der Waals surface area contributed by atoms with Crippen LogP contribution in [-0.4, -0.2) is 15.7 Å². The number of imidazole rings is 1. The van der Waals surface area contributed by atoms with Crippen molar-refractivity contribution in [3.8, 4) is 22.4 Å². The van der Waals surface area contributed by atoms with Crippen LogP contribution in [0.1, 0.15) is 51.4 Å². The molecule has 4 rings (SSSR count). The van der Waals surface area contributed by atoms with Crippen LogP contribution in [-0.2, 0) is 0 Å². The topological polar surface area (TPSA) is 41.0 Å². The predicted octanol–water partition coefficient (Wildman–Crippen LogP) is 6.71. The number of aliphatic imine (C=N–C) groups is 1. The highest BCUT2D eigenvalue weighted by atomic mass is 14.9. The normalized spacial score (nSPS) is 13.9. The van der Waals surface area contributed by atoms with Crippen molar-refractivity contribution in [1.82, 2.24) is 9.97 Å². The Balaban J connectivity index is 1.49. The van der Waals surface area contributed by atoms with Gasteiger partial charge in [-0.2, -0.15) is 0 Å². The third-order valence-electron chi connectivity index (χ3n) is 5.35. The van der Waals surface area contributed by atoms with Gasteiger partial charge in [-0.25, -0.2) is 4.98 Å².